The molecule has 1 heterocycles. The monoisotopic (exact) mass is 303 g/mol. The Morgan fingerprint density at radius 3 is 2.45 bits per heavy atom. The third-order valence-corrected chi connectivity index (χ3v) is 3.67. The number of benzene rings is 1. The van der Waals surface area contributed by atoms with E-state index in [0.717, 1.165) is 0 Å². The summed E-state index contributed by atoms with van der Waals surface area (Å²) in [6, 6.07) is 8.86. The SMILES string of the molecule is CC(C)N1CCN(C(=O)CNC(=O)c2ccccc2)CC1=O. The molecule has 0 saturated carbocycles. The molecule has 1 aromatic rings. The Kier molecular flexibility index (Phi) is 5.14. The van der Waals surface area contributed by atoms with Gasteiger partial charge in [-0.1, -0.05) is 18.2 Å². The van der Waals surface area contributed by atoms with E-state index in [-0.39, 0.29) is 36.9 Å². The van der Waals surface area contributed by atoms with Gasteiger partial charge in [-0.2, -0.15) is 0 Å². The van der Waals surface area contributed by atoms with Crippen LogP contribution < -0.4 is 5.32 Å². The van der Waals surface area contributed by atoms with Crippen molar-refractivity contribution in [1.82, 2.24) is 15.1 Å². The highest BCUT2D eigenvalue weighted by molar-refractivity contribution is 5.96. The Labute approximate surface area is 130 Å². The molecule has 118 valence electrons. The van der Waals surface area contributed by atoms with Gasteiger partial charge in [-0.05, 0) is 26.0 Å². The zero-order valence-corrected chi connectivity index (χ0v) is 12.9. The first kappa shape index (κ1) is 16.0. The predicted molar refractivity (Wildman–Crippen MR) is 82.2 cm³/mol. The van der Waals surface area contributed by atoms with Gasteiger partial charge in [0, 0.05) is 24.7 Å². The van der Waals surface area contributed by atoms with Crippen LogP contribution in [0.3, 0.4) is 0 Å². The standard InChI is InChI=1S/C16H21N3O3/c1-12(2)19-9-8-18(11-15(19)21)14(20)10-17-16(22)13-6-4-3-5-7-13/h3-7,12H,8-11H2,1-2H3,(H,17,22). The molecule has 1 N–H and O–H groups in total. The summed E-state index contributed by atoms with van der Waals surface area (Å²) in [4.78, 5) is 39.2. The van der Waals surface area contributed by atoms with E-state index in [1.807, 2.05) is 19.9 Å². The van der Waals surface area contributed by atoms with Crippen molar-refractivity contribution in [3.63, 3.8) is 0 Å². The predicted octanol–water partition coefficient (Wildman–Crippen LogP) is 0.496. The van der Waals surface area contributed by atoms with Gasteiger partial charge in [-0.15, -0.1) is 0 Å². The van der Waals surface area contributed by atoms with Crippen LogP contribution in [-0.4, -0.2) is 59.7 Å². The van der Waals surface area contributed by atoms with Gasteiger partial charge in [-0.3, -0.25) is 14.4 Å². The number of amides is 3. The van der Waals surface area contributed by atoms with E-state index in [0.29, 0.717) is 18.7 Å². The highest BCUT2D eigenvalue weighted by Crippen LogP contribution is 2.07. The molecule has 22 heavy (non-hydrogen) atoms. The van der Waals surface area contributed by atoms with Gasteiger partial charge in [-0.25, -0.2) is 0 Å². The summed E-state index contributed by atoms with van der Waals surface area (Å²) in [7, 11) is 0. The number of nitrogens with zero attached hydrogens (tertiary/aromatic N) is 2. The maximum atomic E-state index is 12.1. The van der Waals surface area contributed by atoms with Crippen LogP contribution in [0.5, 0.6) is 0 Å². The summed E-state index contributed by atoms with van der Waals surface area (Å²) in [6.07, 6.45) is 0. The Hall–Kier alpha value is -2.37. The molecule has 1 aromatic carbocycles. The van der Waals surface area contributed by atoms with Crippen LogP contribution in [0.15, 0.2) is 30.3 Å². The quantitative estimate of drug-likeness (QED) is 0.880. The van der Waals surface area contributed by atoms with Crippen LogP contribution in [-0.2, 0) is 9.59 Å². The minimum absolute atomic E-state index is 0.0519. The number of carbonyl (C=O) groups is 3. The molecule has 2 rings (SSSR count). The molecule has 6 nitrogen and oxygen atoms in total. The topological polar surface area (TPSA) is 69.7 Å². The molecule has 1 saturated heterocycles. The smallest absolute Gasteiger partial charge is 0.251 e. The minimum atomic E-state index is -0.291. The molecule has 0 spiro atoms. The lowest BCUT2D eigenvalue weighted by molar-refractivity contribution is -0.146. The van der Waals surface area contributed by atoms with E-state index in [9.17, 15) is 14.4 Å². The molecular formula is C16H21N3O3. The van der Waals surface area contributed by atoms with Crippen molar-refractivity contribution in [3.05, 3.63) is 35.9 Å². The van der Waals surface area contributed by atoms with Crippen LogP contribution in [0.2, 0.25) is 0 Å². The lowest BCUT2D eigenvalue weighted by Gasteiger charge is -2.36. The third-order valence-electron chi connectivity index (χ3n) is 3.67. The van der Waals surface area contributed by atoms with Gasteiger partial charge in [0.15, 0.2) is 0 Å². The lowest BCUT2D eigenvalue weighted by Crippen LogP contribution is -2.55. The second kappa shape index (κ2) is 7.06. The number of rotatable bonds is 4. The largest absolute Gasteiger partial charge is 0.343 e. The molecule has 0 aromatic heterocycles. The van der Waals surface area contributed by atoms with Crippen molar-refractivity contribution in [3.8, 4) is 0 Å². The number of nitrogens with one attached hydrogen (secondary N) is 1. The average Bonchev–Trinajstić information content (AvgIpc) is 2.52. The normalized spacial score (nSPS) is 15.1. The van der Waals surface area contributed by atoms with Gasteiger partial charge >= 0.3 is 0 Å². The van der Waals surface area contributed by atoms with Gasteiger partial charge in [0.25, 0.3) is 5.91 Å². The van der Waals surface area contributed by atoms with E-state index in [2.05, 4.69) is 5.32 Å². The highest BCUT2D eigenvalue weighted by Gasteiger charge is 2.28. The van der Waals surface area contributed by atoms with E-state index < -0.39 is 0 Å². The van der Waals surface area contributed by atoms with Crippen molar-refractivity contribution >= 4 is 17.7 Å². The van der Waals surface area contributed by atoms with E-state index in [4.69, 9.17) is 0 Å². The number of hydrogen-bond acceptors (Lipinski definition) is 3. The van der Waals surface area contributed by atoms with E-state index in [1.54, 1.807) is 29.2 Å². The Bertz CT molecular complexity index is 557. The van der Waals surface area contributed by atoms with Crippen LogP contribution in [0.1, 0.15) is 24.2 Å². The van der Waals surface area contributed by atoms with Crippen molar-refractivity contribution in [1.29, 1.82) is 0 Å². The Morgan fingerprint density at radius 1 is 1.18 bits per heavy atom. The highest BCUT2D eigenvalue weighted by atomic mass is 16.2. The molecule has 6 heteroatoms. The van der Waals surface area contributed by atoms with Crippen LogP contribution >= 0.6 is 0 Å². The second-order valence-corrected chi connectivity index (χ2v) is 5.54. The Morgan fingerprint density at radius 2 is 1.86 bits per heavy atom. The fourth-order valence-electron chi connectivity index (χ4n) is 2.40. The van der Waals surface area contributed by atoms with Crippen molar-refractivity contribution in [2.75, 3.05) is 26.2 Å². The second-order valence-electron chi connectivity index (χ2n) is 5.54. The van der Waals surface area contributed by atoms with E-state index in [1.165, 1.54) is 4.90 Å². The minimum Gasteiger partial charge on any atom is -0.343 e. The van der Waals surface area contributed by atoms with Gasteiger partial charge < -0.3 is 15.1 Å². The van der Waals surface area contributed by atoms with Crippen LogP contribution in [0.4, 0.5) is 0 Å². The Balaban J connectivity index is 1.83. The van der Waals surface area contributed by atoms with Gasteiger partial charge in [0.05, 0.1) is 13.1 Å². The van der Waals surface area contributed by atoms with Gasteiger partial charge in [0.2, 0.25) is 11.8 Å². The first-order valence-corrected chi connectivity index (χ1v) is 7.39. The van der Waals surface area contributed by atoms with Crippen molar-refractivity contribution in [2.45, 2.75) is 19.9 Å². The number of hydrogen-bond donors (Lipinski definition) is 1. The molecule has 1 aliphatic heterocycles. The molecule has 1 fully saturated rings. The fourth-order valence-corrected chi connectivity index (χ4v) is 2.40. The summed E-state index contributed by atoms with van der Waals surface area (Å²) in [6.45, 7) is 4.94. The summed E-state index contributed by atoms with van der Waals surface area (Å²) in [5, 5.41) is 2.59. The molecule has 0 unspecified atom stereocenters. The third kappa shape index (κ3) is 3.84. The molecule has 1 aliphatic rings. The van der Waals surface area contributed by atoms with Crippen molar-refractivity contribution < 1.29 is 14.4 Å². The maximum absolute atomic E-state index is 12.1. The molecule has 0 bridgehead atoms. The zero-order chi connectivity index (χ0) is 16.1. The van der Waals surface area contributed by atoms with E-state index >= 15 is 0 Å². The molecule has 0 atom stereocenters. The summed E-state index contributed by atoms with van der Waals surface area (Å²) in [5.41, 5.74) is 0.510. The van der Waals surface area contributed by atoms with Crippen molar-refractivity contribution in [2.24, 2.45) is 0 Å². The maximum Gasteiger partial charge on any atom is 0.251 e. The van der Waals surface area contributed by atoms with Crippen LogP contribution in [0.25, 0.3) is 0 Å². The molecule has 0 aliphatic carbocycles. The lowest BCUT2D eigenvalue weighted by atomic mass is 10.2. The number of carbonyl (C=O) groups excluding carboxylic acids is 3. The first-order valence-electron chi connectivity index (χ1n) is 7.39. The molecular weight excluding hydrogens is 282 g/mol. The fraction of sp³-hybridized carbons (Fsp3) is 0.438. The first-order chi connectivity index (χ1) is 10.5. The average molecular weight is 303 g/mol. The van der Waals surface area contributed by atoms with Gasteiger partial charge in [0.1, 0.15) is 0 Å². The molecule has 0 radical (unpaired) electrons. The summed E-state index contributed by atoms with van der Waals surface area (Å²) in [5.74, 6) is -0.578. The van der Waals surface area contributed by atoms with Crippen LogP contribution in [0, 0.1) is 0 Å². The summed E-state index contributed by atoms with van der Waals surface area (Å²) < 4.78 is 0. The number of piperazine rings is 1. The zero-order valence-electron chi connectivity index (χ0n) is 12.9. The summed E-state index contributed by atoms with van der Waals surface area (Å²) >= 11 is 0. The molecule has 3 amide bonds.